The standard InChI is InChI=1S/C8H16N2O/c1-2-11-6-7(1)3-10-8-4-9-5-8/h7-10H,1-6H2. The minimum atomic E-state index is 0.732. The zero-order valence-corrected chi connectivity index (χ0v) is 6.81. The molecule has 0 aromatic heterocycles. The molecule has 0 spiro atoms. The molecule has 3 heteroatoms. The van der Waals surface area contributed by atoms with Crippen LogP contribution in [0.1, 0.15) is 6.42 Å². The summed E-state index contributed by atoms with van der Waals surface area (Å²) in [5.74, 6) is 0.774. The fourth-order valence-corrected chi connectivity index (χ4v) is 1.51. The summed E-state index contributed by atoms with van der Waals surface area (Å²) < 4.78 is 5.29. The molecule has 0 aliphatic carbocycles. The monoisotopic (exact) mass is 156 g/mol. The quantitative estimate of drug-likeness (QED) is 0.582. The van der Waals surface area contributed by atoms with Crippen LogP contribution in [0.5, 0.6) is 0 Å². The Morgan fingerprint density at radius 3 is 2.91 bits per heavy atom. The molecule has 1 unspecified atom stereocenters. The van der Waals surface area contributed by atoms with Crippen LogP contribution >= 0.6 is 0 Å². The van der Waals surface area contributed by atoms with Crippen molar-refractivity contribution in [3.05, 3.63) is 0 Å². The maximum atomic E-state index is 5.29. The van der Waals surface area contributed by atoms with Gasteiger partial charge in [0, 0.05) is 32.3 Å². The van der Waals surface area contributed by atoms with Gasteiger partial charge in [-0.2, -0.15) is 0 Å². The summed E-state index contributed by atoms with van der Waals surface area (Å²) >= 11 is 0. The highest BCUT2D eigenvalue weighted by Crippen LogP contribution is 2.10. The molecule has 0 bridgehead atoms. The van der Waals surface area contributed by atoms with E-state index in [4.69, 9.17) is 4.74 Å². The first-order chi connectivity index (χ1) is 5.45. The van der Waals surface area contributed by atoms with Gasteiger partial charge >= 0.3 is 0 Å². The average molecular weight is 156 g/mol. The summed E-state index contributed by atoms with van der Waals surface area (Å²) in [6.45, 7) is 5.37. The molecule has 64 valence electrons. The van der Waals surface area contributed by atoms with Crippen LogP contribution in [-0.4, -0.2) is 38.9 Å². The van der Waals surface area contributed by atoms with E-state index in [2.05, 4.69) is 10.6 Å². The molecular formula is C8H16N2O. The fraction of sp³-hybridized carbons (Fsp3) is 1.00. The molecule has 2 aliphatic heterocycles. The Morgan fingerprint density at radius 2 is 2.36 bits per heavy atom. The zero-order valence-electron chi connectivity index (χ0n) is 6.81. The van der Waals surface area contributed by atoms with Crippen molar-refractivity contribution >= 4 is 0 Å². The largest absolute Gasteiger partial charge is 0.381 e. The van der Waals surface area contributed by atoms with Crippen LogP contribution in [0.3, 0.4) is 0 Å². The second-order valence-electron chi connectivity index (χ2n) is 3.49. The Kier molecular flexibility index (Phi) is 2.41. The van der Waals surface area contributed by atoms with Crippen molar-refractivity contribution in [2.45, 2.75) is 12.5 Å². The maximum Gasteiger partial charge on any atom is 0.0507 e. The van der Waals surface area contributed by atoms with E-state index in [1.807, 2.05) is 0 Å². The van der Waals surface area contributed by atoms with Gasteiger partial charge in [-0.1, -0.05) is 0 Å². The lowest BCUT2D eigenvalue weighted by Gasteiger charge is -2.29. The van der Waals surface area contributed by atoms with Gasteiger partial charge in [-0.15, -0.1) is 0 Å². The van der Waals surface area contributed by atoms with E-state index in [-0.39, 0.29) is 0 Å². The van der Waals surface area contributed by atoms with Crippen LogP contribution in [0.25, 0.3) is 0 Å². The lowest BCUT2D eigenvalue weighted by atomic mass is 10.1. The number of rotatable bonds is 3. The summed E-state index contributed by atoms with van der Waals surface area (Å²) in [5.41, 5.74) is 0. The molecule has 0 saturated carbocycles. The minimum absolute atomic E-state index is 0.732. The topological polar surface area (TPSA) is 33.3 Å². The minimum Gasteiger partial charge on any atom is -0.381 e. The van der Waals surface area contributed by atoms with Crippen molar-refractivity contribution in [1.29, 1.82) is 0 Å². The van der Waals surface area contributed by atoms with E-state index in [0.717, 1.165) is 44.8 Å². The van der Waals surface area contributed by atoms with Gasteiger partial charge in [0.15, 0.2) is 0 Å². The lowest BCUT2D eigenvalue weighted by molar-refractivity contribution is 0.183. The van der Waals surface area contributed by atoms with Gasteiger partial charge in [-0.3, -0.25) is 0 Å². The Labute approximate surface area is 67.5 Å². The SMILES string of the molecule is C1CC(CNC2CNC2)CO1. The Bertz CT molecular complexity index is 119. The third kappa shape index (κ3) is 1.92. The van der Waals surface area contributed by atoms with Crippen molar-refractivity contribution in [3.8, 4) is 0 Å². The Hall–Kier alpha value is -0.120. The highest BCUT2D eigenvalue weighted by molar-refractivity contribution is 4.82. The lowest BCUT2D eigenvalue weighted by Crippen LogP contribution is -2.56. The van der Waals surface area contributed by atoms with Crippen LogP contribution in [0.15, 0.2) is 0 Å². The maximum absolute atomic E-state index is 5.29. The van der Waals surface area contributed by atoms with Crippen LogP contribution in [0, 0.1) is 5.92 Å². The van der Waals surface area contributed by atoms with E-state index in [1.54, 1.807) is 0 Å². The van der Waals surface area contributed by atoms with E-state index in [9.17, 15) is 0 Å². The molecule has 0 aromatic carbocycles. The highest BCUT2D eigenvalue weighted by atomic mass is 16.5. The predicted molar refractivity (Wildman–Crippen MR) is 43.6 cm³/mol. The molecule has 2 fully saturated rings. The van der Waals surface area contributed by atoms with Gasteiger partial charge < -0.3 is 15.4 Å². The molecule has 1 atom stereocenters. The predicted octanol–water partition coefficient (Wildman–Crippen LogP) is -0.416. The molecular weight excluding hydrogens is 140 g/mol. The van der Waals surface area contributed by atoms with Gasteiger partial charge in [0.25, 0.3) is 0 Å². The summed E-state index contributed by atoms with van der Waals surface area (Å²) in [6, 6.07) is 0.732. The van der Waals surface area contributed by atoms with Gasteiger partial charge in [0.05, 0.1) is 6.61 Å². The van der Waals surface area contributed by atoms with Gasteiger partial charge in [0.2, 0.25) is 0 Å². The zero-order chi connectivity index (χ0) is 7.52. The Morgan fingerprint density at radius 1 is 1.45 bits per heavy atom. The van der Waals surface area contributed by atoms with Gasteiger partial charge in [-0.05, 0) is 12.3 Å². The van der Waals surface area contributed by atoms with Crippen LogP contribution in [-0.2, 0) is 4.74 Å². The molecule has 3 nitrogen and oxygen atoms in total. The third-order valence-electron chi connectivity index (χ3n) is 2.50. The molecule has 0 amide bonds. The first kappa shape index (κ1) is 7.53. The Balaban J connectivity index is 1.57. The molecule has 2 saturated heterocycles. The van der Waals surface area contributed by atoms with Gasteiger partial charge in [-0.25, -0.2) is 0 Å². The number of hydrogen-bond donors (Lipinski definition) is 2. The van der Waals surface area contributed by atoms with Crippen LogP contribution in [0.2, 0.25) is 0 Å². The van der Waals surface area contributed by atoms with Crippen LogP contribution < -0.4 is 10.6 Å². The molecule has 2 heterocycles. The van der Waals surface area contributed by atoms with Crippen LogP contribution in [0.4, 0.5) is 0 Å². The number of hydrogen-bond acceptors (Lipinski definition) is 3. The third-order valence-corrected chi connectivity index (χ3v) is 2.50. The first-order valence-electron chi connectivity index (χ1n) is 4.47. The molecule has 2 rings (SSSR count). The second kappa shape index (κ2) is 3.52. The molecule has 11 heavy (non-hydrogen) atoms. The number of ether oxygens (including phenoxy) is 1. The van der Waals surface area contributed by atoms with Crippen molar-refractivity contribution in [1.82, 2.24) is 10.6 Å². The smallest absolute Gasteiger partial charge is 0.0507 e. The molecule has 2 N–H and O–H groups in total. The van der Waals surface area contributed by atoms with E-state index in [1.165, 1.54) is 6.42 Å². The summed E-state index contributed by atoms with van der Waals surface area (Å²) in [7, 11) is 0. The summed E-state index contributed by atoms with van der Waals surface area (Å²) in [5, 5.41) is 6.76. The number of nitrogens with one attached hydrogen (secondary N) is 2. The van der Waals surface area contributed by atoms with Gasteiger partial charge in [0.1, 0.15) is 0 Å². The summed E-state index contributed by atoms with van der Waals surface area (Å²) in [6.07, 6.45) is 1.24. The van der Waals surface area contributed by atoms with Crippen molar-refractivity contribution < 1.29 is 4.74 Å². The first-order valence-corrected chi connectivity index (χ1v) is 4.47. The van der Waals surface area contributed by atoms with E-state index < -0.39 is 0 Å². The van der Waals surface area contributed by atoms with Crippen molar-refractivity contribution in [2.24, 2.45) is 5.92 Å². The highest BCUT2D eigenvalue weighted by Gasteiger charge is 2.20. The molecule has 0 radical (unpaired) electrons. The van der Waals surface area contributed by atoms with E-state index >= 15 is 0 Å². The van der Waals surface area contributed by atoms with Crippen molar-refractivity contribution in [2.75, 3.05) is 32.8 Å². The second-order valence-corrected chi connectivity index (χ2v) is 3.49. The fourth-order valence-electron chi connectivity index (χ4n) is 1.51. The molecule has 0 aromatic rings. The van der Waals surface area contributed by atoms with E-state index in [0.29, 0.717) is 0 Å². The summed E-state index contributed by atoms with van der Waals surface area (Å²) in [4.78, 5) is 0. The molecule has 2 aliphatic rings. The average Bonchev–Trinajstić information content (AvgIpc) is 2.36. The van der Waals surface area contributed by atoms with Crippen molar-refractivity contribution in [3.63, 3.8) is 0 Å². The normalized spacial score (nSPS) is 32.2.